The number of azo groups is 2. The first-order valence-electron chi connectivity index (χ1n) is 22.1. The van der Waals surface area contributed by atoms with Crippen molar-refractivity contribution in [1.29, 1.82) is 0 Å². The third kappa shape index (κ3) is 11.2. The Morgan fingerprint density at radius 3 is 1.56 bits per heavy atom. The minimum absolute atomic E-state index is 0.0540. The number of ether oxygens (including phenoxy) is 3. The van der Waals surface area contributed by atoms with Crippen molar-refractivity contribution >= 4 is 117 Å². The lowest BCUT2D eigenvalue weighted by Gasteiger charge is -2.25. The zero-order valence-electron chi connectivity index (χ0n) is 39.8. The fraction of sp³-hybridized carbons (Fsp3) is 0.356. The molecule has 22 nitrogen and oxygen atoms in total. The quantitative estimate of drug-likeness (QED) is 0.0295. The molecule has 3 heterocycles. The standard InChI is InChI=1S/C45H54N14O8S3/c1-9-57(10-2)35-21-31(33(23-37(35)65-6)51-53-41-27-19-26(5)13-14-29(27)55-68-41)46-43-48-44(50-45(49-43)59(15-17-60)16-18-61)47-32-22-36(58(11-3)12-4)38(66-7)24-34(32)52-54-42-28-20-39(67-8)40(70(62,63)64)25-30(28)56-69-42/h13-14,19-25,60-61H,9-12,15-18H2,1-8H3,(H,62,63,64)(H2,46,47,48,49,50)/b53-51+,54-52+. The highest BCUT2D eigenvalue weighted by atomic mass is 32.2. The Labute approximate surface area is 412 Å². The first kappa shape index (κ1) is 51.0. The smallest absolute Gasteiger partial charge is 0.298 e. The van der Waals surface area contributed by atoms with E-state index in [-0.39, 0.29) is 55.4 Å². The minimum Gasteiger partial charge on any atom is -0.495 e. The maximum absolute atomic E-state index is 12.1. The van der Waals surface area contributed by atoms with E-state index in [1.54, 1.807) is 31.3 Å². The van der Waals surface area contributed by atoms with Crippen LogP contribution in [0.2, 0.25) is 0 Å². The van der Waals surface area contributed by atoms with Gasteiger partial charge in [0.1, 0.15) is 33.5 Å². The van der Waals surface area contributed by atoms with Crippen LogP contribution in [-0.2, 0) is 10.1 Å². The number of methoxy groups -OCH3 is 3. The van der Waals surface area contributed by atoms with Crippen LogP contribution >= 0.6 is 23.1 Å². The van der Waals surface area contributed by atoms with Gasteiger partial charge in [0.05, 0.1) is 68.3 Å². The second-order valence-corrected chi connectivity index (χ2v) is 18.2. The topological polar surface area (TPSA) is 270 Å². The highest BCUT2D eigenvalue weighted by Crippen LogP contribution is 2.44. The van der Waals surface area contributed by atoms with Gasteiger partial charge in [-0.1, -0.05) is 11.6 Å². The number of hydrogen-bond donors (Lipinski definition) is 5. The van der Waals surface area contributed by atoms with Crippen molar-refractivity contribution in [3.8, 4) is 17.2 Å². The molecule has 0 atom stereocenters. The molecule has 70 heavy (non-hydrogen) atoms. The van der Waals surface area contributed by atoms with E-state index in [0.29, 0.717) is 75.8 Å². The summed E-state index contributed by atoms with van der Waals surface area (Å²) in [6.45, 7) is 12.4. The molecule has 0 aliphatic heterocycles. The Hall–Kier alpha value is -6.90. The van der Waals surface area contributed by atoms with Crippen LogP contribution < -0.4 is 39.5 Å². The lowest BCUT2D eigenvalue weighted by atomic mass is 10.2. The van der Waals surface area contributed by atoms with Crippen molar-refractivity contribution in [2.75, 3.05) is 99.1 Å². The molecule has 0 saturated carbocycles. The molecule has 4 aromatic carbocycles. The summed E-state index contributed by atoms with van der Waals surface area (Å²) in [6, 6.07) is 15.8. The van der Waals surface area contributed by atoms with Crippen molar-refractivity contribution < 1.29 is 37.4 Å². The van der Waals surface area contributed by atoms with Crippen molar-refractivity contribution in [3.63, 3.8) is 0 Å². The summed E-state index contributed by atoms with van der Waals surface area (Å²) < 4.78 is 60.0. The molecule has 0 aliphatic carbocycles. The van der Waals surface area contributed by atoms with E-state index in [2.05, 4.69) is 44.5 Å². The van der Waals surface area contributed by atoms with Gasteiger partial charge in [0.15, 0.2) is 10.0 Å². The number of fused-ring (bicyclic) bond motifs is 2. The van der Waals surface area contributed by atoms with Gasteiger partial charge in [0.2, 0.25) is 17.8 Å². The molecule has 0 spiro atoms. The SMILES string of the molecule is CCN(CC)c1cc(Nc2nc(Nc3cc(N(CC)CC)c(OC)cc3/N=N/c3snc4cc(S(=O)(=O)O)c(OC)cc34)nc(N(CCO)CCO)n2)c(/N=N/c2snc3ccc(C)cc23)cc1OC. The first-order chi connectivity index (χ1) is 33.8. The van der Waals surface area contributed by atoms with Crippen LogP contribution in [0, 0.1) is 6.92 Å². The molecule has 7 rings (SSSR count). The number of aryl methyl sites for hydroxylation is 1. The van der Waals surface area contributed by atoms with Crippen LogP contribution in [-0.4, -0.2) is 121 Å². The molecule has 0 fully saturated rings. The van der Waals surface area contributed by atoms with Gasteiger partial charge >= 0.3 is 0 Å². The summed E-state index contributed by atoms with van der Waals surface area (Å²) in [7, 11) is -0.178. The Morgan fingerprint density at radius 2 is 1.10 bits per heavy atom. The van der Waals surface area contributed by atoms with Crippen LogP contribution in [0.25, 0.3) is 21.8 Å². The summed E-state index contributed by atoms with van der Waals surface area (Å²) in [5.41, 5.74) is 5.23. The van der Waals surface area contributed by atoms with Crippen LogP contribution in [0.4, 0.5) is 62.0 Å². The number of nitrogens with one attached hydrogen (secondary N) is 2. The van der Waals surface area contributed by atoms with Gasteiger partial charge in [-0.15, -0.1) is 20.5 Å². The van der Waals surface area contributed by atoms with Crippen molar-refractivity contribution in [1.82, 2.24) is 23.7 Å². The first-order valence-corrected chi connectivity index (χ1v) is 25.1. The van der Waals surface area contributed by atoms with E-state index >= 15 is 0 Å². The van der Waals surface area contributed by atoms with Crippen LogP contribution in [0.15, 0.2) is 79.9 Å². The summed E-state index contributed by atoms with van der Waals surface area (Å²) in [5, 5.41) is 47.8. The summed E-state index contributed by atoms with van der Waals surface area (Å²) in [4.78, 5) is 19.8. The Balaban J connectivity index is 1.37. The maximum atomic E-state index is 12.1. The molecular weight excluding hydrogens is 961 g/mol. The lowest BCUT2D eigenvalue weighted by molar-refractivity contribution is 0.280. The number of anilines is 7. The second-order valence-electron chi connectivity index (χ2n) is 15.3. The third-order valence-electron chi connectivity index (χ3n) is 11.1. The number of nitrogens with zero attached hydrogens (tertiary/aromatic N) is 12. The molecule has 5 N–H and O–H groups in total. The van der Waals surface area contributed by atoms with Crippen LogP contribution in [0.5, 0.6) is 17.2 Å². The number of aliphatic hydroxyl groups is 2. The molecule has 25 heteroatoms. The van der Waals surface area contributed by atoms with E-state index in [1.807, 2.05) is 65.0 Å². The van der Waals surface area contributed by atoms with Gasteiger partial charge in [-0.2, -0.15) is 32.1 Å². The monoisotopic (exact) mass is 1010 g/mol. The van der Waals surface area contributed by atoms with Crippen LogP contribution in [0.1, 0.15) is 33.3 Å². The number of aliphatic hydroxyl groups excluding tert-OH is 2. The van der Waals surface area contributed by atoms with E-state index in [9.17, 15) is 23.2 Å². The van der Waals surface area contributed by atoms with Gasteiger partial charge in [0, 0.05) is 62.2 Å². The fourth-order valence-electron chi connectivity index (χ4n) is 7.53. The molecule has 0 bridgehead atoms. The number of benzene rings is 4. The van der Waals surface area contributed by atoms with Gasteiger partial charge < -0.3 is 49.8 Å². The Morgan fingerprint density at radius 1 is 0.614 bits per heavy atom. The van der Waals surface area contributed by atoms with E-state index in [4.69, 9.17) is 34.3 Å². The normalized spacial score (nSPS) is 11.8. The van der Waals surface area contributed by atoms with Crippen LogP contribution in [0.3, 0.4) is 0 Å². The molecular formula is C45H54N14O8S3. The molecule has 370 valence electrons. The molecule has 0 amide bonds. The second kappa shape index (κ2) is 22.7. The highest BCUT2D eigenvalue weighted by Gasteiger charge is 2.23. The number of hydrogen-bond acceptors (Lipinski definition) is 23. The summed E-state index contributed by atoms with van der Waals surface area (Å²) >= 11 is 2.21. The fourth-order valence-corrected chi connectivity index (χ4v) is 9.54. The van der Waals surface area contributed by atoms with E-state index < -0.39 is 15.0 Å². The molecule has 0 saturated heterocycles. The average Bonchev–Trinajstić information content (AvgIpc) is 3.95. The molecule has 0 radical (unpaired) electrons. The predicted octanol–water partition coefficient (Wildman–Crippen LogP) is 9.47. The summed E-state index contributed by atoms with van der Waals surface area (Å²) in [5.74, 6) is 1.24. The predicted molar refractivity (Wildman–Crippen MR) is 275 cm³/mol. The largest absolute Gasteiger partial charge is 0.495 e. The molecule has 0 unspecified atom stereocenters. The number of rotatable bonds is 23. The molecule has 7 aromatic rings. The highest BCUT2D eigenvalue weighted by molar-refractivity contribution is 7.86. The third-order valence-corrected chi connectivity index (χ3v) is 13.5. The zero-order chi connectivity index (χ0) is 50.1. The van der Waals surface area contributed by atoms with E-state index in [0.717, 1.165) is 39.4 Å². The molecule has 3 aromatic heterocycles. The average molecular weight is 1020 g/mol. The van der Waals surface area contributed by atoms with Gasteiger partial charge in [0.25, 0.3) is 10.1 Å². The van der Waals surface area contributed by atoms with Crippen molar-refractivity contribution in [3.05, 3.63) is 60.2 Å². The van der Waals surface area contributed by atoms with Crippen molar-refractivity contribution in [2.45, 2.75) is 39.5 Å². The molecule has 0 aliphatic rings. The van der Waals surface area contributed by atoms with Gasteiger partial charge in [-0.3, -0.25) is 4.55 Å². The van der Waals surface area contributed by atoms with E-state index in [1.165, 1.54) is 30.8 Å². The van der Waals surface area contributed by atoms with Gasteiger partial charge in [-0.05, 0) is 94.1 Å². The Kier molecular flexibility index (Phi) is 16.5. The lowest BCUT2D eigenvalue weighted by Crippen LogP contribution is -2.31. The van der Waals surface area contributed by atoms with Gasteiger partial charge in [-0.25, -0.2) is 0 Å². The number of aromatic nitrogens is 5. The zero-order valence-corrected chi connectivity index (χ0v) is 42.3. The Bertz CT molecular complexity index is 3140. The minimum atomic E-state index is -4.62. The summed E-state index contributed by atoms with van der Waals surface area (Å²) in [6.07, 6.45) is 0. The van der Waals surface area contributed by atoms with Crippen molar-refractivity contribution in [2.24, 2.45) is 20.5 Å². The maximum Gasteiger partial charge on any atom is 0.298 e.